The molecule has 0 atom stereocenters. The normalized spacial score (nSPS) is 22.1. The lowest BCUT2D eigenvalue weighted by Crippen LogP contribution is -2.19. The van der Waals surface area contributed by atoms with Gasteiger partial charge in [0.25, 0.3) is 0 Å². The molecule has 0 radical (unpaired) electrons. The third-order valence-corrected chi connectivity index (χ3v) is 4.32. The number of hydrogen-bond acceptors (Lipinski definition) is 2. The van der Waals surface area contributed by atoms with E-state index in [1.165, 1.54) is 6.07 Å². The fourth-order valence-corrected chi connectivity index (χ4v) is 3.34. The summed E-state index contributed by atoms with van der Waals surface area (Å²) >= 11 is 0. The molecule has 2 rings (SSSR count). The summed E-state index contributed by atoms with van der Waals surface area (Å²) in [7, 11) is 0. The third-order valence-electron chi connectivity index (χ3n) is 4.32. The second-order valence-corrected chi connectivity index (χ2v) is 5.84. The Balaban J connectivity index is 1.97. The van der Waals surface area contributed by atoms with Crippen molar-refractivity contribution in [2.45, 2.75) is 51.9 Å². The molecule has 1 aliphatic carbocycles. The zero-order chi connectivity index (χ0) is 15.4. The lowest BCUT2D eigenvalue weighted by molar-refractivity contribution is -0.144. The van der Waals surface area contributed by atoms with Gasteiger partial charge in [-0.05, 0) is 68.6 Å². The largest absolute Gasteiger partial charge is 0.466 e. The minimum absolute atomic E-state index is 0.129. The molecule has 0 bridgehead atoms. The van der Waals surface area contributed by atoms with Crippen LogP contribution in [0.25, 0.3) is 0 Å². The Hall–Kier alpha value is -1.45. The summed E-state index contributed by atoms with van der Waals surface area (Å²) in [5.41, 5.74) is 1.33. The molecule has 1 fully saturated rings. The molecule has 0 aromatic heterocycles. The van der Waals surface area contributed by atoms with Crippen LogP contribution in [0.1, 0.15) is 56.1 Å². The SMILES string of the molecule is CCOC(=O)CC1CCC(c2c(C)cc(F)cc2F)CC1. The van der Waals surface area contributed by atoms with E-state index in [4.69, 9.17) is 4.74 Å². The second-order valence-electron chi connectivity index (χ2n) is 5.84. The van der Waals surface area contributed by atoms with Gasteiger partial charge in [0.1, 0.15) is 11.6 Å². The molecule has 0 spiro atoms. The Morgan fingerprint density at radius 2 is 1.90 bits per heavy atom. The van der Waals surface area contributed by atoms with Crippen molar-refractivity contribution in [1.82, 2.24) is 0 Å². The first-order chi connectivity index (χ1) is 10.0. The first kappa shape index (κ1) is 15.9. The quantitative estimate of drug-likeness (QED) is 0.765. The summed E-state index contributed by atoms with van der Waals surface area (Å²) in [6.07, 6.45) is 3.91. The maximum absolute atomic E-state index is 14.0. The van der Waals surface area contributed by atoms with Gasteiger partial charge in [0.15, 0.2) is 0 Å². The number of aryl methyl sites for hydroxylation is 1. The summed E-state index contributed by atoms with van der Waals surface area (Å²) in [6.45, 7) is 3.97. The highest BCUT2D eigenvalue weighted by Gasteiger charge is 2.27. The zero-order valence-electron chi connectivity index (χ0n) is 12.6. The van der Waals surface area contributed by atoms with Crippen molar-refractivity contribution in [3.8, 4) is 0 Å². The predicted molar refractivity (Wildman–Crippen MR) is 77.0 cm³/mol. The van der Waals surface area contributed by atoms with Crippen LogP contribution < -0.4 is 0 Å². The van der Waals surface area contributed by atoms with Gasteiger partial charge in [0.05, 0.1) is 6.61 Å². The van der Waals surface area contributed by atoms with Crippen molar-refractivity contribution in [3.05, 3.63) is 34.9 Å². The molecular weight excluding hydrogens is 274 g/mol. The van der Waals surface area contributed by atoms with E-state index in [1.807, 2.05) is 0 Å². The summed E-state index contributed by atoms with van der Waals surface area (Å²) in [6, 6.07) is 2.36. The van der Waals surface area contributed by atoms with Crippen LogP contribution in [0.3, 0.4) is 0 Å². The number of esters is 1. The highest BCUT2D eigenvalue weighted by atomic mass is 19.1. The van der Waals surface area contributed by atoms with Crippen LogP contribution in [0.2, 0.25) is 0 Å². The molecule has 0 N–H and O–H groups in total. The molecule has 0 saturated heterocycles. The second kappa shape index (κ2) is 7.01. The van der Waals surface area contributed by atoms with Crippen molar-refractivity contribution >= 4 is 5.97 Å². The minimum Gasteiger partial charge on any atom is -0.466 e. The van der Waals surface area contributed by atoms with Crippen LogP contribution in [0, 0.1) is 24.5 Å². The van der Waals surface area contributed by atoms with E-state index in [1.54, 1.807) is 13.8 Å². The number of hydrogen-bond donors (Lipinski definition) is 0. The van der Waals surface area contributed by atoms with Crippen molar-refractivity contribution in [2.24, 2.45) is 5.92 Å². The van der Waals surface area contributed by atoms with Gasteiger partial charge in [-0.15, -0.1) is 0 Å². The van der Waals surface area contributed by atoms with Crippen LogP contribution >= 0.6 is 0 Å². The summed E-state index contributed by atoms with van der Waals surface area (Å²) in [4.78, 5) is 11.5. The molecule has 0 amide bonds. The van der Waals surface area contributed by atoms with E-state index < -0.39 is 11.6 Å². The number of halogens is 2. The summed E-state index contributed by atoms with van der Waals surface area (Å²) in [5, 5.41) is 0. The van der Waals surface area contributed by atoms with Gasteiger partial charge in [-0.3, -0.25) is 4.79 Å². The van der Waals surface area contributed by atoms with Gasteiger partial charge in [-0.2, -0.15) is 0 Å². The number of ether oxygens (including phenoxy) is 1. The van der Waals surface area contributed by atoms with Crippen molar-refractivity contribution in [3.63, 3.8) is 0 Å². The molecule has 1 aromatic rings. The first-order valence-electron chi connectivity index (χ1n) is 7.62. The Kier molecular flexibility index (Phi) is 5.32. The Morgan fingerprint density at radius 3 is 2.48 bits per heavy atom. The average Bonchev–Trinajstić information content (AvgIpc) is 2.39. The molecule has 2 nitrogen and oxygen atoms in total. The molecule has 21 heavy (non-hydrogen) atoms. The van der Waals surface area contributed by atoms with Gasteiger partial charge in [-0.25, -0.2) is 8.78 Å². The maximum atomic E-state index is 14.0. The van der Waals surface area contributed by atoms with Crippen molar-refractivity contribution < 1.29 is 18.3 Å². The number of benzene rings is 1. The van der Waals surface area contributed by atoms with Gasteiger partial charge in [0.2, 0.25) is 0 Å². The molecule has 1 aromatic carbocycles. The molecule has 116 valence electrons. The maximum Gasteiger partial charge on any atom is 0.306 e. The fourth-order valence-electron chi connectivity index (χ4n) is 3.34. The summed E-state index contributed by atoms with van der Waals surface area (Å²) < 4.78 is 32.1. The van der Waals surface area contributed by atoms with E-state index in [0.29, 0.717) is 30.1 Å². The van der Waals surface area contributed by atoms with Crippen LogP contribution in [0.15, 0.2) is 12.1 Å². The molecule has 0 heterocycles. The molecule has 0 unspecified atom stereocenters. The molecule has 0 aliphatic heterocycles. The van der Waals surface area contributed by atoms with Crippen LogP contribution in [0.4, 0.5) is 8.78 Å². The van der Waals surface area contributed by atoms with Crippen LogP contribution in [-0.4, -0.2) is 12.6 Å². The first-order valence-corrected chi connectivity index (χ1v) is 7.62. The van der Waals surface area contributed by atoms with Gasteiger partial charge < -0.3 is 4.74 Å². The van der Waals surface area contributed by atoms with Gasteiger partial charge >= 0.3 is 5.97 Å². The fraction of sp³-hybridized carbons (Fsp3) is 0.588. The average molecular weight is 296 g/mol. The summed E-state index contributed by atoms with van der Waals surface area (Å²) in [5.74, 6) is -0.663. The third kappa shape index (κ3) is 4.02. The van der Waals surface area contributed by atoms with E-state index >= 15 is 0 Å². The van der Waals surface area contributed by atoms with Gasteiger partial charge in [-0.1, -0.05) is 0 Å². The number of carbonyl (C=O) groups is 1. The molecular formula is C17H22F2O2. The smallest absolute Gasteiger partial charge is 0.306 e. The van der Waals surface area contributed by atoms with E-state index in [-0.39, 0.29) is 11.9 Å². The lowest BCUT2D eigenvalue weighted by atomic mass is 9.76. The Bertz CT molecular complexity index is 483. The van der Waals surface area contributed by atoms with Gasteiger partial charge in [0, 0.05) is 12.5 Å². The zero-order valence-corrected chi connectivity index (χ0v) is 12.6. The molecule has 1 saturated carbocycles. The predicted octanol–water partition coefficient (Wildman–Crippen LogP) is 4.50. The number of rotatable bonds is 4. The Labute approximate surface area is 124 Å². The van der Waals surface area contributed by atoms with E-state index in [2.05, 4.69) is 0 Å². The monoisotopic (exact) mass is 296 g/mol. The highest BCUT2D eigenvalue weighted by Crippen LogP contribution is 2.39. The molecule has 1 aliphatic rings. The highest BCUT2D eigenvalue weighted by molar-refractivity contribution is 5.69. The van der Waals surface area contributed by atoms with Crippen molar-refractivity contribution in [2.75, 3.05) is 6.61 Å². The van der Waals surface area contributed by atoms with Crippen LogP contribution in [-0.2, 0) is 9.53 Å². The number of carbonyl (C=O) groups excluding carboxylic acids is 1. The minimum atomic E-state index is -0.523. The van der Waals surface area contributed by atoms with E-state index in [0.717, 1.165) is 31.7 Å². The van der Waals surface area contributed by atoms with Crippen LogP contribution in [0.5, 0.6) is 0 Å². The van der Waals surface area contributed by atoms with E-state index in [9.17, 15) is 13.6 Å². The molecule has 4 heteroatoms. The van der Waals surface area contributed by atoms with Crippen molar-refractivity contribution in [1.29, 1.82) is 0 Å². The topological polar surface area (TPSA) is 26.3 Å². The Morgan fingerprint density at radius 1 is 1.24 bits per heavy atom. The lowest BCUT2D eigenvalue weighted by Gasteiger charge is -2.29. The standard InChI is InChI=1S/C17H22F2O2/c1-3-21-16(20)9-12-4-6-13(7-5-12)17-11(2)8-14(18)10-15(17)19/h8,10,12-13H,3-7,9H2,1-2H3.